The molecular formula is C20H23N3O3. The lowest BCUT2D eigenvalue weighted by molar-refractivity contribution is -0.126. The van der Waals surface area contributed by atoms with Crippen LogP contribution in [0.3, 0.4) is 0 Å². The number of furan rings is 1. The number of amides is 1. The standard InChI is InChI=1S/C20H23N3O3/c1-13-7-8-17(25-13)14(2)21-19(24)15-9-11-23(12-10-15)20-22-16-5-3-4-6-18(16)26-20/h3-8,14-15H,9-12H2,1-2H3,(H,21,24). The number of hydrogen-bond acceptors (Lipinski definition) is 5. The van der Waals surface area contributed by atoms with E-state index >= 15 is 0 Å². The molecule has 0 saturated carbocycles. The smallest absolute Gasteiger partial charge is 0.298 e. The number of nitrogens with one attached hydrogen (secondary N) is 1. The third kappa shape index (κ3) is 3.31. The van der Waals surface area contributed by atoms with Crippen LogP contribution in [0.5, 0.6) is 0 Å². The summed E-state index contributed by atoms with van der Waals surface area (Å²) in [6.45, 7) is 5.38. The maximum absolute atomic E-state index is 12.6. The molecule has 1 aromatic carbocycles. The van der Waals surface area contributed by atoms with Crippen LogP contribution in [0.1, 0.15) is 37.3 Å². The third-order valence-electron chi connectivity index (χ3n) is 4.97. The van der Waals surface area contributed by atoms with Gasteiger partial charge >= 0.3 is 0 Å². The van der Waals surface area contributed by atoms with Crippen molar-refractivity contribution in [3.8, 4) is 0 Å². The van der Waals surface area contributed by atoms with E-state index < -0.39 is 0 Å². The van der Waals surface area contributed by atoms with E-state index in [-0.39, 0.29) is 17.9 Å². The van der Waals surface area contributed by atoms with Crippen LogP contribution in [0.25, 0.3) is 11.1 Å². The van der Waals surface area contributed by atoms with Gasteiger partial charge in [-0.1, -0.05) is 12.1 Å². The molecule has 6 heteroatoms. The Kier molecular flexibility index (Phi) is 4.41. The van der Waals surface area contributed by atoms with Gasteiger partial charge in [0, 0.05) is 19.0 Å². The second kappa shape index (κ2) is 6.86. The highest BCUT2D eigenvalue weighted by atomic mass is 16.4. The fourth-order valence-electron chi connectivity index (χ4n) is 3.42. The van der Waals surface area contributed by atoms with E-state index in [4.69, 9.17) is 8.83 Å². The Morgan fingerprint density at radius 1 is 1.19 bits per heavy atom. The summed E-state index contributed by atoms with van der Waals surface area (Å²) in [4.78, 5) is 19.2. The first-order valence-corrected chi connectivity index (χ1v) is 9.07. The first-order chi connectivity index (χ1) is 12.6. The molecule has 1 fully saturated rings. The number of para-hydroxylation sites is 2. The minimum Gasteiger partial charge on any atom is -0.464 e. The van der Waals surface area contributed by atoms with E-state index in [0.29, 0.717) is 6.01 Å². The number of aryl methyl sites for hydroxylation is 1. The predicted octanol–water partition coefficient (Wildman–Crippen LogP) is 3.82. The molecule has 0 bridgehead atoms. The molecule has 1 saturated heterocycles. The zero-order chi connectivity index (χ0) is 18.1. The van der Waals surface area contributed by atoms with Gasteiger partial charge in [-0.3, -0.25) is 4.79 Å². The fraction of sp³-hybridized carbons (Fsp3) is 0.400. The van der Waals surface area contributed by atoms with Crippen LogP contribution in [-0.2, 0) is 4.79 Å². The van der Waals surface area contributed by atoms with Crippen LogP contribution in [-0.4, -0.2) is 24.0 Å². The van der Waals surface area contributed by atoms with Crippen LogP contribution >= 0.6 is 0 Å². The maximum Gasteiger partial charge on any atom is 0.298 e. The average molecular weight is 353 g/mol. The van der Waals surface area contributed by atoms with Gasteiger partial charge in [0.05, 0.1) is 6.04 Å². The lowest BCUT2D eigenvalue weighted by Gasteiger charge is -2.30. The number of piperidine rings is 1. The molecule has 2 aromatic heterocycles. The van der Waals surface area contributed by atoms with E-state index in [1.54, 1.807) is 0 Å². The normalized spacial score (nSPS) is 16.8. The minimum atomic E-state index is -0.119. The summed E-state index contributed by atoms with van der Waals surface area (Å²) in [5.74, 6) is 1.74. The Hall–Kier alpha value is -2.76. The summed E-state index contributed by atoms with van der Waals surface area (Å²) < 4.78 is 11.4. The van der Waals surface area contributed by atoms with E-state index in [0.717, 1.165) is 48.6 Å². The molecule has 0 aliphatic carbocycles. The van der Waals surface area contributed by atoms with Gasteiger partial charge in [0.25, 0.3) is 6.01 Å². The van der Waals surface area contributed by atoms with Crippen LogP contribution in [0.2, 0.25) is 0 Å². The van der Waals surface area contributed by atoms with Gasteiger partial charge in [-0.25, -0.2) is 0 Å². The monoisotopic (exact) mass is 353 g/mol. The Morgan fingerprint density at radius 2 is 1.96 bits per heavy atom. The topological polar surface area (TPSA) is 71.5 Å². The number of nitrogens with zero attached hydrogens (tertiary/aromatic N) is 2. The molecule has 0 spiro atoms. The molecule has 1 N–H and O–H groups in total. The SMILES string of the molecule is Cc1ccc(C(C)NC(=O)C2CCN(c3nc4ccccc4o3)CC2)o1. The number of carbonyl (C=O) groups is 1. The first-order valence-electron chi connectivity index (χ1n) is 9.07. The lowest BCUT2D eigenvalue weighted by atomic mass is 9.96. The minimum absolute atomic E-state index is 0.00846. The van der Waals surface area contributed by atoms with Crippen molar-refractivity contribution in [2.75, 3.05) is 18.0 Å². The first kappa shape index (κ1) is 16.7. The maximum atomic E-state index is 12.6. The third-order valence-corrected chi connectivity index (χ3v) is 4.97. The van der Waals surface area contributed by atoms with Crippen molar-refractivity contribution in [3.05, 3.63) is 47.9 Å². The quantitative estimate of drug-likeness (QED) is 0.772. The molecule has 1 amide bonds. The Labute approximate surface area is 152 Å². The zero-order valence-corrected chi connectivity index (χ0v) is 15.1. The summed E-state index contributed by atoms with van der Waals surface area (Å²) >= 11 is 0. The largest absolute Gasteiger partial charge is 0.464 e. The fourth-order valence-corrected chi connectivity index (χ4v) is 3.42. The van der Waals surface area contributed by atoms with Crippen molar-refractivity contribution >= 4 is 23.0 Å². The summed E-state index contributed by atoms with van der Waals surface area (Å²) in [7, 11) is 0. The summed E-state index contributed by atoms with van der Waals surface area (Å²) in [5.41, 5.74) is 1.66. The van der Waals surface area contributed by atoms with Crippen molar-refractivity contribution in [1.29, 1.82) is 0 Å². The predicted molar refractivity (Wildman–Crippen MR) is 98.9 cm³/mol. The average Bonchev–Trinajstić information content (AvgIpc) is 3.28. The molecule has 1 aliphatic heterocycles. The number of carbonyl (C=O) groups excluding carboxylic acids is 1. The van der Waals surface area contributed by atoms with Gasteiger partial charge in [0.2, 0.25) is 5.91 Å². The van der Waals surface area contributed by atoms with Gasteiger partial charge in [-0.05, 0) is 51.0 Å². The molecule has 3 heterocycles. The van der Waals surface area contributed by atoms with Crippen molar-refractivity contribution in [2.24, 2.45) is 5.92 Å². The van der Waals surface area contributed by atoms with Crippen molar-refractivity contribution in [2.45, 2.75) is 32.7 Å². The molecule has 1 atom stereocenters. The second-order valence-electron chi connectivity index (χ2n) is 6.90. The van der Waals surface area contributed by atoms with Crippen molar-refractivity contribution in [1.82, 2.24) is 10.3 Å². The van der Waals surface area contributed by atoms with Crippen LogP contribution in [0.4, 0.5) is 6.01 Å². The molecule has 4 rings (SSSR count). The van der Waals surface area contributed by atoms with Gasteiger partial charge in [-0.2, -0.15) is 4.98 Å². The van der Waals surface area contributed by atoms with E-state index in [1.807, 2.05) is 50.2 Å². The molecule has 1 unspecified atom stereocenters. The van der Waals surface area contributed by atoms with Gasteiger partial charge in [-0.15, -0.1) is 0 Å². The van der Waals surface area contributed by atoms with Crippen LogP contribution in [0.15, 0.2) is 45.2 Å². The molecule has 0 radical (unpaired) electrons. The molecule has 26 heavy (non-hydrogen) atoms. The highest BCUT2D eigenvalue weighted by Crippen LogP contribution is 2.27. The molecular weight excluding hydrogens is 330 g/mol. The van der Waals surface area contributed by atoms with Crippen LogP contribution < -0.4 is 10.2 Å². The second-order valence-corrected chi connectivity index (χ2v) is 6.90. The number of benzene rings is 1. The van der Waals surface area contributed by atoms with Gasteiger partial charge in [0.1, 0.15) is 17.0 Å². The van der Waals surface area contributed by atoms with Crippen molar-refractivity contribution in [3.63, 3.8) is 0 Å². The summed E-state index contributed by atoms with van der Waals surface area (Å²) in [5, 5.41) is 3.07. The van der Waals surface area contributed by atoms with Crippen molar-refractivity contribution < 1.29 is 13.6 Å². The van der Waals surface area contributed by atoms with E-state index in [1.165, 1.54) is 0 Å². The van der Waals surface area contributed by atoms with Crippen LogP contribution in [0, 0.1) is 12.8 Å². The number of rotatable bonds is 4. The summed E-state index contributed by atoms with van der Waals surface area (Å²) in [6, 6.07) is 12.1. The Bertz CT molecular complexity index is 873. The highest BCUT2D eigenvalue weighted by molar-refractivity contribution is 5.79. The number of aromatic nitrogens is 1. The molecule has 3 aromatic rings. The van der Waals surface area contributed by atoms with E-state index in [2.05, 4.69) is 15.2 Å². The number of oxazole rings is 1. The number of hydrogen-bond donors (Lipinski definition) is 1. The lowest BCUT2D eigenvalue weighted by Crippen LogP contribution is -2.41. The molecule has 136 valence electrons. The summed E-state index contributed by atoms with van der Waals surface area (Å²) in [6.07, 6.45) is 1.57. The van der Waals surface area contributed by atoms with E-state index in [9.17, 15) is 4.79 Å². The Morgan fingerprint density at radius 3 is 2.65 bits per heavy atom. The number of fused-ring (bicyclic) bond motifs is 1. The Balaban J connectivity index is 1.34. The molecule has 1 aliphatic rings. The highest BCUT2D eigenvalue weighted by Gasteiger charge is 2.28. The van der Waals surface area contributed by atoms with Gasteiger partial charge < -0.3 is 19.1 Å². The molecule has 6 nitrogen and oxygen atoms in total. The van der Waals surface area contributed by atoms with Gasteiger partial charge in [0.15, 0.2) is 5.58 Å². The zero-order valence-electron chi connectivity index (χ0n) is 15.1. The number of anilines is 1.